The van der Waals surface area contributed by atoms with Crippen LogP contribution in [0.25, 0.3) is 0 Å². The Balaban J connectivity index is 2.00. The second-order valence-electron chi connectivity index (χ2n) is 5.08. The third kappa shape index (κ3) is 3.12. The highest BCUT2D eigenvalue weighted by molar-refractivity contribution is 6.16. The lowest BCUT2D eigenvalue weighted by Crippen LogP contribution is -2.35. The summed E-state index contributed by atoms with van der Waals surface area (Å²) in [5.74, 6) is 2.12. The van der Waals surface area contributed by atoms with E-state index in [4.69, 9.17) is 16.0 Å². The number of nitrogens with zero attached hydrogens (tertiary/aromatic N) is 2. The summed E-state index contributed by atoms with van der Waals surface area (Å²) >= 11 is 5.64. The number of alkyl halides is 1. The van der Waals surface area contributed by atoms with Crippen LogP contribution in [0.3, 0.4) is 0 Å². The highest BCUT2D eigenvalue weighted by atomic mass is 35.5. The van der Waals surface area contributed by atoms with Crippen molar-refractivity contribution in [2.75, 3.05) is 5.32 Å². The standard InChI is InChI=1S/C12H20ClN3O/c1-8(2)9-5-3-4-6-10(9)14-12-16-15-11(7-13)17-12/h8-10H,3-7H2,1-2H3,(H,14,16). The van der Waals surface area contributed by atoms with Crippen molar-refractivity contribution in [3.8, 4) is 0 Å². The minimum Gasteiger partial charge on any atom is -0.407 e. The van der Waals surface area contributed by atoms with Gasteiger partial charge in [0.1, 0.15) is 5.88 Å². The van der Waals surface area contributed by atoms with E-state index in [1.54, 1.807) is 0 Å². The number of rotatable bonds is 4. The first-order chi connectivity index (χ1) is 8.20. The molecule has 0 spiro atoms. The Morgan fingerprint density at radius 2 is 2.12 bits per heavy atom. The molecule has 0 saturated heterocycles. The van der Waals surface area contributed by atoms with E-state index in [2.05, 4.69) is 29.4 Å². The average Bonchev–Trinajstić information content (AvgIpc) is 2.77. The minimum atomic E-state index is 0.271. The zero-order chi connectivity index (χ0) is 12.3. The maximum atomic E-state index is 5.64. The smallest absolute Gasteiger partial charge is 0.315 e. The Kier molecular flexibility index (Phi) is 4.26. The van der Waals surface area contributed by atoms with Gasteiger partial charge in [-0.15, -0.1) is 16.7 Å². The monoisotopic (exact) mass is 257 g/mol. The summed E-state index contributed by atoms with van der Waals surface area (Å²) in [5.41, 5.74) is 0. The van der Waals surface area contributed by atoms with Gasteiger partial charge in [0, 0.05) is 6.04 Å². The van der Waals surface area contributed by atoms with Crippen molar-refractivity contribution in [2.24, 2.45) is 11.8 Å². The zero-order valence-electron chi connectivity index (χ0n) is 10.4. The fourth-order valence-electron chi connectivity index (χ4n) is 2.66. The minimum absolute atomic E-state index is 0.271. The van der Waals surface area contributed by atoms with Gasteiger partial charge in [-0.3, -0.25) is 0 Å². The lowest BCUT2D eigenvalue weighted by Gasteiger charge is -2.34. The largest absolute Gasteiger partial charge is 0.407 e. The third-order valence-corrected chi connectivity index (χ3v) is 3.79. The van der Waals surface area contributed by atoms with E-state index in [9.17, 15) is 0 Å². The molecule has 96 valence electrons. The van der Waals surface area contributed by atoms with E-state index in [0.29, 0.717) is 29.8 Å². The molecule has 1 aliphatic rings. The first-order valence-corrected chi connectivity index (χ1v) is 6.89. The molecule has 0 bridgehead atoms. The number of halogens is 1. The van der Waals surface area contributed by atoms with Gasteiger partial charge in [-0.05, 0) is 24.7 Å². The molecule has 0 aromatic carbocycles. The van der Waals surface area contributed by atoms with Crippen molar-refractivity contribution in [1.29, 1.82) is 0 Å². The summed E-state index contributed by atoms with van der Waals surface area (Å²) in [5, 5.41) is 11.2. The normalized spacial score (nSPS) is 25.2. The van der Waals surface area contributed by atoms with Gasteiger partial charge < -0.3 is 9.73 Å². The van der Waals surface area contributed by atoms with Gasteiger partial charge in [0.05, 0.1) is 0 Å². The van der Waals surface area contributed by atoms with Crippen LogP contribution in [-0.2, 0) is 5.88 Å². The molecule has 2 atom stereocenters. The van der Waals surface area contributed by atoms with Crippen molar-refractivity contribution >= 4 is 17.6 Å². The Morgan fingerprint density at radius 3 is 2.76 bits per heavy atom. The Morgan fingerprint density at radius 1 is 1.35 bits per heavy atom. The molecule has 0 amide bonds. The summed E-state index contributed by atoms with van der Waals surface area (Å²) in [6, 6.07) is 0.963. The topological polar surface area (TPSA) is 51.0 Å². The third-order valence-electron chi connectivity index (χ3n) is 3.57. The lowest BCUT2D eigenvalue weighted by atomic mass is 9.78. The van der Waals surface area contributed by atoms with Gasteiger partial charge in [-0.25, -0.2) is 0 Å². The van der Waals surface area contributed by atoms with Gasteiger partial charge in [-0.1, -0.05) is 31.8 Å². The molecular formula is C12H20ClN3O. The van der Waals surface area contributed by atoms with Gasteiger partial charge in [0.15, 0.2) is 0 Å². The van der Waals surface area contributed by atoms with Crippen molar-refractivity contribution in [1.82, 2.24) is 10.2 Å². The Labute approximate surface area is 107 Å². The molecule has 1 aliphatic carbocycles. The summed E-state index contributed by atoms with van der Waals surface area (Å²) < 4.78 is 5.40. The fraction of sp³-hybridized carbons (Fsp3) is 0.833. The quantitative estimate of drug-likeness (QED) is 0.840. The molecule has 0 radical (unpaired) electrons. The molecule has 1 aromatic rings. The molecule has 1 aromatic heterocycles. The van der Waals surface area contributed by atoms with Crippen LogP contribution in [-0.4, -0.2) is 16.2 Å². The first kappa shape index (κ1) is 12.7. The Bertz CT molecular complexity index is 353. The molecule has 2 unspecified atom stereocenters. The SMILES string of the molecule is CC(C)C1CCCCC1Nc1nnc(CCl)o1. The van der Waals surface area contributed by atoms with Gasteiger partial charge >= 0.3 is 6.01 Å². The lowest BCUT2D eigenvalue weighted by molar-refractivity contribution is 0.250. The van der Waals surface area contributed by atoms with Crippen LogP contribution in [0.15, 0.2) is 4.42 Å². The molecule has 5 heteroatoms. The van der Waals surface area contributed by atoms with E-state index in [1.165, 1.54) is 25.7 Å². The van der Waals surface area contributed by atoms with Crippen LogP contribution >= 0.6 is 11.6 Å². The predicted molar refractivity (Wildman–Crippen MR) is 68.1 cm³/mol. The van der Waals surface area contributed by atoms with E-state index in [1.807, 2.05) is 0 Å². The summed E-state index contributed by atoms with van der Waals surface area (Å²) in [4.78, 5) is 0. The molecule has 2 rings (SSSR count). The molecule has 1 saturated carbocycles. The number of aromatic nitrogens is 2. The Hall–Kier alpha value is -0.770. The van der Waals surface area contributed by atoms with E-state index >= 15 is 0 Å². The van der Waals surface area contributed by atoms with Gasteiger partial charge in [0.2, 0.25) is 5.89 Å². The van der Waals surface area contributed by atoms with E-state index in [-0.39, 0.29) is 5.88 Å². The highest BCUT2D eigenvalue weighted by Gasteiger charge is 2.28. The van der Waals surface area contributed by atoms with Crippen molar-refractivity contribution in [3.05, 3.63) is 5.89 Å². The summed E-state index contributed by atoms with van der Waals surface area (Å²) in [6.45, 7) is 4.56. The maximum Gasteiger partial charge on any atom is 0.315 e. The number of nitrogens with one attached hydrogen (secondary N) is 1. The molecular weight excluding hydrogens is 238 g/mol. The highest BCUT2D eigenvalue weighted by Crippen LogP contribution is 2.32. The van der Waals surface area contributed by atoms with Gasteiger partial charge in [-0.2, -0.15) is 0 Å². The van der Waals surface area contributed by atoms with Gasteiger partial charge in [0.25, 0.3) is 0 Å². The van der Waals surface area contributed by atoms with Crippen LogP contribution < -0.4 is 5.32 Å². The summed E-state index contributed by atoms with van der Waals surface area (Å²) in [7, 11) is 0. The van der Waals surface area contributed by atoms with Crippen LogP contribution in [0.2, 0.25) is 0 Å². The van der Waals surface area contributed by atoms with Crippen LogP contribution in [0.1, 0.15) is 45.4 Å². The molecule has 17 heavy (non-hydrogen) atoms. The second kappa shape index (κ2) is 5.71. The van der Waals surface area contributed by atoms with Crippen molar-refractivity contribution in [2.45, 2.75) is 51.5 Å². The van der Waals surface area contributed by atoms with E-state index in [0.717, 1.165) is 0 Å². The number of hydrogen-bond donors (Lipinski definition) is 1. The number of hydrogen-bond acceptors (Lipinski definition) is 4. The van der Waals surface area contributed by atoms with Crippen molar-refractivity contribution < 1.29 is 4.42 Å². The molecule has 1 fully saturated rings. The molecule has 4 nitrogen and oxygen atoms in total. The average molecular weight is 258 g/mol. The molecule has 1 heterocycles. The second-order valence-corrected chi connectivity index (χ2v) is 5.35. The van der Waals surface area contributed by atoms with Crippen molar-refractivity contribution in [3.63, 3.8) is 0 Å². The van der Waals surface area contributed by atoms with Crippen LogP contribution in [0, 0.1) is 11.8 Å². The first-order valence-electron chi connectivity index (χ1n) is 6.35. The number of anilines is 1. The maximum absolute atomic E-state index is 5.64. The molecule has 1 N–H and O–H groups in total. The van der Waals surface area contributed by atoms with Crippen LogP contribution in [0.4, 0.5) is 6.01 Å². The van der Waals surface area contributed by atoms with E-state index < -0.39 is 0 Å². The zero-order valence-corrected chi connectivity index (χ0v) is 11.2. The van der Waals surface area contributed by atoms with Crippen LogP contribution in [0.5, 0.6) is 0 Å². The molecule has 0 aliphatic heterocycles. The summed E-state index contributed by atoms with van der Waals surface area (Å²) in [6.07, 6.45) is 5.07. The predicted octanol–water partition coefficient (Wildman–Crippen LogP) is 3.44. The fourth-order valence-corrected chi connectivity index (χ4v) is 2.77.